The molecule has 0 bridgehead atoms. The number of anilines is 1. The summed E-state index contributed by atoms with van der Waals surface area (Å²) in [6.07, 6.45) is -0.0952. The van der Waals surface area contributed by atoms with Crippen molar-refractivity contribution in [2.45, 2.75) is 12.5 Å². The zero-order valence-corrected chi connectivity index (χ0v) is 19.7. The van der Waals surface area contributed by atoms with Crippen molar-refractivity contribution in [1.82, 2.24) is 25.1 Å². The molecule has 0 saturated heterocycles. The minimum absolute atomic E-state index is 0.0952. The number of carbonyl (C=O) groups excluding carboxylic acids is 2. The number of nitrogens with one attached hydrogen (secondary N) is 4. The second-order valence-corrected chi connectivity index (χ2v) is 8.69. The summed E-state index contributed by atoms with van der Waals surface area (Å²) in [4.78, 5) is 31.3. The summed E-state index contributed by atoms with van der Waals surface area (Å²) in [5, 5.41) is 5.56. The van der Waals surface area contributed by atoms with Crippen LogP contribution in [0.2, 0.25) is 0 Å². The molecule has 12 heteroatoms. The van der Waals surface area contributed by atoms with Gasteiger partial charge < -0.3 is 15.5 Å². The Balaban J connectivity index is 1.75. The number of likely N-dealkylation sites (N-methyl/N-ethyl adjacent to an activating group) is 2. The molecule has 4 N–H and O–H groups in total. The van der Waals surface area contributed by atoms with Gasteiger partial charge in [-0.1, -0.05) is 0 Å². The number of nitrogens with zero attached hydrogens (tertiary/aromatic N) is 2. The van der Waals surface area contributed by atoms with Crippen molar-refractivity contribution in [3.63, 3.8) is 0 Å². The summed E-state index contributed by atoms with van der Waals surface area (Å²) < 4.78 is 33.8. The third-order valence-corrected chi connectivity index (χ3v) is 6.14. The summed E-state index contributed by atoms with van der Waals surface area (Å²) in [7, 11) is 3.38. The number of amides is 3. The number of fused-ring (bicyclic) bond motifs is 1. The molecule has 0 fully saturated rings. The third kappa shape index (κ3) is 7.09. The average Bonchev–Trinajstić information content (AvgIpc) is 3.25. The molecule has 1 unspecified atom stereocenters. The number of hydrogen-bond acceptors (Lipinski definition) is 7. The van der Waals surface area contributed by atoms with Gasteiger partial charge in [0.2, 0.25) is 5.91 Å². The van der Waals surface area contributed by atoms with Gasteiger partial charge in [0.1, 0.15) is 17.7 Å². The van der Waals surface area contributed by atoms with Crippen LogP contribution in [-0.4, -0.2) is 50.1 Å². The van der Waals surface area contributed by atoms with Crippen molar-refractivity contribution in [2.75, 3.05) is 32.1 Å². The highest BCUT2D eigenvalue weighted by Crippen LogP contribution is 2.24. The second-order valence-electron chi connectivity index (χ2n) is 7.11. The quantitative estimate of drug-likeness (QED) is 0.256. The van der Waals surface area contributed by atoms with E-state index in [0.29, 0.717) is 18.8 Å². The van der Waals surface area contributed by atoms with E-state index >= 15 is 0 Å². The van der Waals surface area contributed by atoms with Gasteiger partial charge in [-0.05, 0) is 42.9 Å². The van der Waals surface area contributed by atoms with Gasteiger partial charge in [0.05, 0.1) is 15.7 Å². The molecule has 0 aliphatic rings. The van der Waals surface area contributed by atoms with E-state index < -0.39 is 29.6 Å². The summed E-state index contributed by atoms with van der Waals surface area (Å²) in [6.45, 7) is 1.31. The van der Waals surface area contributed by atoms with Gasteiger partial charge in [0.15, 0.2) is 0 Å². The molecule has 0 aliphatic carbocycles. The summed E-state index contributed by atoms with van der Waals surface area (Å²) in [5.74, 6) is -1.96. The molecule has 0 saturated carbocycles. The molecule has 3 amide bonds. The average molecular weight is 495 g/mol. The number of thiazole rings is 1. The van der Waals surface area contributed by atoms with Crippen LogP contribution in [0.15, 0.2) is 41.9 Å². The maximum atomic E-state index is 13.7. The van der Waals surface area contributed by atoms with E-state index in [1.165, 1.54) is 16.2 Å². The van der Waals surface area contributed by atoms with Crippen molar-refractivity contribution >= 4 is 51.3 Å². The Labute approximate surface area is 198 Å². The number of benzene rings is 2. The standard InChI is InChI=1S/C21H24F2N6O2S2/c1-24-5-6-26-33-28-21(31)27-18(9-13-7-14(22)10-15(23)8-13)20(30)29(2)16-3-4-19-17(11-16)25-12-32-19/h3-4,7-8,10-12,18,24,26H,5-6,9H2,1-2H3,(H2,27,28,31). The molecule has 8 nitrogen and oxygen atoms in total. The van der Waals surface area contributed by atoms with E-state index in [1.807, 2.05) is 6.07 Å². The SMILES string of the molecule is CNCCNSNC(=O)NC(Cc1cc(F)cc(F)c1)C(=O)N(C)c1ccc2scnc2c1. The maximum Gasteiger partial charge on any atom is 0.326 e. The van der Waals surface area contributed by atoms with Gasteiger partial charge in [-0.3, -0.25) is 9.52 Å². The molecular weight excluding hydrogens is 470 g/mol. The predicted molar refractivity (Wildman–Crippen MR) is 128 cm³/mol. The number of carbonyl (C=O) groups is 2. The van der Waals surface area contributed by atoms with Crippen LogP contribution in [0.3, 0.4) is 0 Å². The molecule has 0 radical (unpaired) electrons. The van der Waals surface area contributed by atoms with Crippen molar-refractivity contribution in [2.24, 2.45) is 0 Å². The van der Waals surface area contributed by atoms with E-state index in [1.54, 1.807) is 31.7 Å². The van der Waals surface area contributed by atoms with E-state index in [0.717, 1.165) is 40.5 Å². The normalized spacial score (nSPS) is 11.9. The molecule has 1 heterocycles. The lowest BCUT2D eigenvalue weighted by atomic mass is 10.0. The summed E-state index contributed by atoms with van der Waals surface area (Å²) in [6, 6.07) is 6.75. The molecular formula is C21H24F2N6O2S2. The van der Waals surface area contributed by atoms with E-state index in [2.05, 4.69) is 25.1 Å². The molecule has 0 spiro atoms. The van der Waals surface area contributed by atoms with Crippen LogP contribution in [0.5, 0.6) is 0 Å². The number of rotatable bonds is 10. The fourth-order valence-electron chi connectivity index (χ4n) is 3.08. The molecule has 176 valence electrons. The van der Waals surface area contributed by atoms with Crippen LogP contribution >= 0.6 is 23.5 Å². The van der Waals surface area contributed by atoms with Crippen LogP contribution < -0.4 is 25.0 Å². The maximum absolute atomic E-state index is 13.7. The van der Waals surface area contributed by atoms with Crippen molar-refractivity contribution < 1.29 is 18.4 Å². The summed E-state index contributed by atoms with van der Waals surface area (Å²) >= 11 is 2.45. The van der Waals surface area contributed by atoms with E-state index in [4.69, 9.17) is 0 Å². The van der Waals surface area contributed by atoms with Crippen LogP contribution in [0.25, 0.3) is 10.2 Å². The Morgan fingerprint density at radius 3 is 2.64 bits per heavy atom. The van der Waals surface area contributed by atoms with Crippen LogP contribution in [-0.2, 0) is 11.2 Å². The van der Waals surface area contributed by atoms with Crippen LogP contribution in [0.1, 0.15) is 5.56 Å². The van der Waals surface area contributed by atoms with Crippen molar-refractivity contribution in [3.05, 3.63) is 59.1 Å². The second kappa shape index (κ2) is 11.9. The van der Waals surface area contributed by atoms with Gasteiger partial charge in [0, 0.05) is 50.4 Å². The number of urea groups is 1. The number of halogens is 2. The number of aromatic nitrogens is 1. The molecule has 33 heavy (non-hydrogen) atoms. The Hall–Kier alpha value is -2.80. The Morgan fingerprint density at radius 1 is 1.15 bits per heavy atom. The fourth-order valence-corrected chi connectivity index (χ4v) is 4.16. The molecule has 2 aromatic carbocycles. The fraction of sp³-hybridized carbons (Fsp3) is 0.286. The van der Waals surface area contributed by atoms with Gasteiger partial charge in [-0.2, -0.15) is 0 Å². The topological polar surface area (TPSA) is 98.4 Å². The van der Waals surface area contributed by atoms with Gasteiger partial charge in [0.25, 0.3) is 0 Å². The van der Waals surface area contributed by atoms with E-state index in [9.17, 15) is 18.4 Å². The first kappa shape index (κ1) is 24.8. The molecule has 1 aromatic heterocycles. The lowest BCUT2D eigenvalue weighted by Crippen LogP contribution is -2.51. The van der Waals surface area contributed by atoms with Gasteiger partial charge in [-0.15, -0.1) is 11.3 Å². The first-order valence-corrected chi connectivity index (χ1v) is 11.7. The minimum atomic E-state index is -1.07. The Bertz CT molecular complexity index is 1090. The summed E-state index contributed by atoms with van der Waals surface area (Å²) in [5.41, 5.74) is 3.29. The van der Waals surface area contributed by atoms with Crippen LogP contribution in [0.4, 0.5) is 19.3 Å². The minimum Gasteiger partial charge on any atom is -0.325 e. The zero-order valence-electron chi connectivity index (χ0n) is 18.0. The zero-order chi connectivity index (χ0) is 23.8. The molecule has 3 rings (SSSR count). The molecule has 1 atom stereocenters. The van der Waals surface area contributed by atoms with E-state index in [-0.39, 0.29) is 12.0 Å². The lowest BCUT2D eigenvalue weighted by Gasteiger charge is -2.25. The monoisotopic (exact) mass is 494 g/mol. The highest BCUT2D eigenvalue weighted by atomic mass is 32.2. The number of hydrogen-bond donors (Lipinski definition) is 4. The van der Waals surface area contributed by atoms with Crippen molar-refractivity contribution in [1.29, 1.82) is 0 Å². The smallest absolute Gasteiger partial charge is 0.325 e. The molecule has 3 aromatic rings. The molecule has 0 aliphatic heterocycles. The van der Waals surface area contributed by atoms with Gasteiger partial charge in [-0.25, -0.2) is 23.3 Å². The highest BCUT2D eigenvalue weighted by molar-refractivity contribution is 7.96. The Morgan fingerprint density at radius 2 is 1.91 bits per heavy atom. The van der Waals surface area contributed by atoms with Gasteiger partial charge >= 0.3 is 6.03 Å². The van der Waals surface area contributed by atoms with Crippen molar-refractivity contribution in [3.8, 4) is 0 Å². The highest BCUT2D eigenvalue weighted by Gasteiger charge is 2.26. The lowest BCUT2D eigenvalue weighted by molar-refractivity contribution is -0.120. The van der Waals surface area contributed by atoms with Crippen LogP contribution in [0, 0.1) is 11.6 Å². The third-order valence-electron chi connectivity index (χ3n) is 4.69. The first-order chi connectivity index (χ1) is 15.9. The Kier molecular flexibility index (Phi) is 8.95. The first-order valence-electron chi connectivity index (χ1n) is 10.0. The predicted octanol–water partition coefficient (Wildman–Crippen LogP) is 2.82. The largest absolute Gasteiger partial charge is 0.326 e.